The summed E-state index contributed by atoms with van der Waals surface area (Å²) in [4.78, 5) is 12.6. The maximum atomic E-state index is 12.6. The van der Waals surface area contributed by atoms with Gasteiger partial charge in [0.25, 0.3) is 0 Å². The number of nitriles is 1. The van der Waals surface area contributed by atoms with Crippen LogP contribution < -0.4 is 10.2 Å². The minimum absolute atomic E-state index is 0.00908. The van der Waals surface area contributed by atoms with Crippen LogP contribution in [0.3, 0.4) is 0 Å². The molecule has 0 N–H and O–H groups in total. The number of hydrogen-bond donors (Lipinski definition) is 0. The topological polar surface area (TPSA) is 50.1 Å². The van der Waals surface area contributed by atoms with Crippen molar-refractivity contribution in [3.8, 4) is 11.8 Å². The maximum absolute atomic E-state index is 12.6. The highest BCUT2D eigenvalue weighted by atomic mass is 32.1. The highest BCUT2D eigenvalue weighted by Gasteiger charge is 2.08. The molecule has 1 heterocycles. The Labute approximate surface area is 126 Å². The molecule has 0 fully saturated rings. The van der Waals surface area contributed by atoms with Crippen molar-refractivity contribution in [2.24, 2.45) is 0 Å². The summed E-state index contributed by atoms with van der Waals surface area (Å²) >= 11 is 1.52. The lowest BCUT2D eigenvalue weighted by molar-refractivity contribution is 0.318. The summed E-state index contributed by atoms with van der Waals surface area (Å²) in [6.07, 6.45) is 0.930. The van der Waals surface area contributed by atoms with Crippen LogP contribution in [0.5, 0.6) is 5.75 Å². The van der Waals surface area contributed by atoms with E-state index in [9.17, 15) is 4.79 Å². The van der Waals surface area contributed by atoms with E-state index in [1.807, 2.05) is 25.1 Å². The third-order valence-corrected chi connectivity index (χ3v) is 4.38. The molecule has 0 bridgehead atoms. The summed E-state index contributed by atoms with van der Waals surface area (Å²) in [5.41, 5.74) is 0.561. The van der Waals surface area contributed by atoms with Gasteiger partial charge in [-0.25, -0.2) is 0 Å². The first-order valence-corrected chi connectivity index (χ1v) is 7.58. The Kier molecular flexibility index (Phi) is 3.59. The molecule has 2 aromatic carbocycles. The first-order chi connectivity index (χ1) is 10.2. The molecule has 1 aromatic heterocycles. The molecule has 0 radical (unpaired) electrons. The van der Waals surface area contributed by atoms with E-state index in [2.05, 4.69) is 6.07 Å². The minimum Gasteiger partial charge on any atom is -0.494 e. The van der Waals surface area contributed by atoms with Crippen molar-refractivity contribution in [3.05, 3.63) is 52.2 Å². The summed E-state index contributed by atoms with van der Waals surface area (Å²) in [6, 6.07) is 12.9. The number of fused-ring (bicyclic) bond motifs is 2. The van der Waals surface area contributed by atoms with Gasteiger partial charge in [0.2, 0.25) is 0 Å². The fourth-order valence-corrected chi connectivity index (χ4v) is 3.30. The predicted octanol–water partition coefficient (Wildman–Crippen LogP) is 4.08. The summed E-state index contributed by atoms with van der Waals surface area (Å²) in [7, 11) is 0. The zero-order chi connectivity index (χ0) is 14.8. The molecular formula is C17H13NO2S. The van der Waals surface area contributed by atoms with Crippen LogP contribution in [0.1, 0.15) is 18.9 Å². The average molecular weight is 295 g/mol. The molecular weight excluding hydrogens is 282 g/mol. The molecule has 0 aliphatic carbocycles. The van der Waals surface area contributed by atoms with Crippen LogP contribution >= 0.6 is 11.3 Å². The molecule has 0 aliphatic heterocycles. The Morgan fingerprint density at radius 1 is 1.14 bits per heavy atom. The van der Waals surface area contributed by atoms with Crippen molar-refractivity contribution in [1.82, 2.24) is 0 Å². The second kappa shape index (κ2) is 5.55. The Bertz CT molecular complexity index is 922. The molecule has 3 aromatic rings. The molecule has 21 heavy (non-hydrogen) atoms. The van der Waals surface area contributed by atoms with Crippen molar-refractivity contribution in [2.75, 3.05) is 6.61 Å². The number of benzene rings is 2. The monoisotopic (exact) mass is 295 g/mol. The molecule has 0 unspecified atom stereocenters. The Balaban J connectivity index is 2.24. The maximum Gasteiger partial charge on any atom is 0.196 e. The molecule has 0 aliphatic rings. The van der Waals surface area contributed by atoms with E-state index in [0.29, 0.717) is 22.9 Å². The minimum atomic E-state index is -0.00908. The molecule has 0 amide bonds. The lowest BCUT2D eigenvalue weighted by atomic mass is 10.1. The Morgan fingerprint density at radius 3 is 2.76 bits per heavy atom. The highest BCUT2D eigenvalue weighted by molar-refractivity contribution is 7.24. The average Bonchev–Trinajstić information content (AvgIpc) is 2.53. The standard InChI is InChI=1S/C17H13NO2S/c1-2-7-20-12-4-6-15-14(9-12)17(19)13-5-3-11(10-18)8-16(13)21-15/h3-6,8-9H,2,7H2,1H3. The van der Waals surface area contributed by atoms with Crippen LogP contribution in [-0.4, -0.2) is 6.61 Å². The van der Waals surface area contributed by atoms with Gasteiger partial charge in [0, 0.05) is 20.2 Å². The summed E-state index contributed by atoms with van der Waals surface area (Å²) in [5.74, 6) is 0.724. The molecule has 3 rings (SSSR count). The summed E-state index contributed by atoms with van der Waals surface area (Å²) in [6.45, 7) is 2.69. The van der Waals surface area contributed by atoms with Gasteiger partial charge in [0.05, 0.1) is 18.2 Å². The normalized spacial score (nSPS) is 10.7. The van der Waals surface area contributed by atoms with Crippen LogP contribution in [0.2, 0.25) is 0 Å². The van der Waals surface area contributed by atoms with E-state index < -0.39 is 0 Å². The van der Waals surface area contributed by atoms with Gasteiger partial charge in [-0.05, 0) is 42.8 Å². The fourth-order valence-electron chi connectivity index (χ4n) is 2.21. The van der Waals surface area contributed by atoms with Gasteiger partial charge in [-0.1, -0.05) is 6.92 Å². The molecule has 104 valence electrons. The smallest absolute Gasteiger partial charge is 0.196 e. The van der Waals surface area contributed by atoms with Crippen LogP contribution in [0.25, 0.3) is 20.2 Å². The first kappa shape index (κ1) is 13.6. The molecule has 0 spiro atoms. The number of rotatable bonds is 3. The van der Waals surface area contributed by atoms with Gasteiger partial charge < -0.3 is 4.74 Å². The lowest BCUT2D eigenvalue weighted by Crippen LogP contribution is -2.02. The van der Waals surface area contributed by atoms with E-state index in [1.54, 1.807) is 18.2 Å². The number of hydrogen-bond acceptors (Lipinski definition) is 4. The number of nitrogens with zero attached hydrogens (tertiary/aromatic N) is 1. The van der Waals surface area contributed by atoms with Gasteiger partial charge in [-0.15, -0.1) is 11.3 Å². The van der Waals surface area contributed by atoms with Crippen LogP contribution in [0, 0.1) is 11.3 Å². The van der Waals surface area contributed by atoms with E-state index >= 15 is 0 Å². The zero-order valence-electron chi connectivity index (χ0n) is 11.6. The second-order valence-electron chi connectivity index (χ2n) is 4.76. The SMILES string of the molecule is CCCOc1ccc2sc3cc(C#N)ccc3c(=O)c2c1. The third kappa shape index (κ3) is 2.48. The van der Waals surface area contributed by atoms with Crippen LogP contribution in [0.4, 0.5) is 0 Å². The van der Waals surface area contributed by atoms with Gasteiger partial charge in [0.15, 0.2) is 5.43 Å². The third-order valence-electron chi connectivity index (χ3n) is 3.24. The van der Waals surface area contributed by atoms with Crippen molar-refractivity contribution in [1.29, 1.82) is 5.26 Å². The van der Waals surface area contributed by atoms with Crippen LogP contribution in [-0.2, 0) is 0 Å². The quantitative estimate of drug-likeness (QED) is 0.684. The van der Waals surface area contributed by atoms with Gasteiger partial charge in [0.1, 0.15) is 5.75 Å². The van der Waals surface area contributed by atoms with Crippen molar-refractivity contribution in [2.45, 2.75) is 13.3 Å². The second-order valence-corrected chi connectivity index (χ2v) is 5.84. The highest BCUT2D eigenvalue weighted by Crippen LogP contribution is 2.28. The van der Waals surface area contributed by atoms with Crippen LogP contribution in [0.15, 0.2) is 41.2 Å². The Hall–Kier alpha value is -2.38. The molecule has 3 nitrogen and oxygen atoms in total. The largest absolute Gasteiger partial charge is 0.494 e. The number of ether oxygens (including phenoxy) is 1. The molecule has 0 atom stereocenters. The van der Waals surface area contributed by atoms with E-state index in [4.69, 9.17) is 10.00 Å². The Morgan fingerprint density at radius 2 is 2.00 bits per heavy atom. The summed E-state index contributed by atoms with van der Waals surface area (Å²) in [5, 5.41) is 10.3. The predicted molar refractivity (Wildman–Crippen MR) is 86.1 cm³/mol. The zero-order valence-corrected chi connectivity index (χ0v) is 12.4. The molecule has 4 heteroatoms. The van der Waals surface area contributed by atoms with Crippen molar-refractivity contribution < 1.29 is 4.74 Å². The molecule has 0 saturated carbocycles. The molecule has 0 saturated heterocycles. The van der Waals surface area contributed by atoms with E-state index in [0.717, 1.165) is 21.6 Å². The van der Waals surface area contributed by atoms with Gasteiger partial charge >= 0.3 is 0 Å². The van der Waals surface area contributed by atoms with E-state index in [-0.39, 0.29) is 5.43 Å². The first-order valence-electron chi connectivity index (χ1n) is 6.76. The fraction of sp³-hybridized carbons (Fsp3) is 0.176. The van der Waals surface area contributed by atoms with Gasteiger partial charge in [-0.3, -0.25) is 4.79 Å². The van der Waals surface area contributed by atoms with Gasteiger partial charge in [-0.2, -0.15) is 5.26 Å². The van der Waals surface area contributed by atoms with Crippen molar-refractivity contribution in [3.63, 3.8) is 0 Å². The summed E-state index contributed by atoms with van der Waals surface area (Å²) < 4.78 is 7.34. The van der Waals surface area contributed by atoms with Crippen molar-refractivity contribution >= 4 is 31.5 Å². The van der Waals surface area contributed by atoms with E-state index in [1.165, 1.54) is 11.3 Å². The lowest BCUT2D eigenvalue weighted by Gasteiger charge is -2.06.